The first-order valence-corrected chi connectivity index (χ1v) is 6.01. The van der Waals surface area contributed by atoms with E-state index in [1.54, 1.807) is 12.2 Å². The van der Waals surface area contributed by atoms with E-state index in [2.05, 4.69) is 18.1 Å². The smallest absolute Gasteiger partial charge is 0.141 e. The number of hydrogen-bond acceptors (Lipinski definition) is 2. The Kier molecular flexibility index (Phi) is 6.95. The fourth-order valence-corrected chi connectivity index (χ4v) is 1.32. The van der Waals surface area contributed by atoms with Crippen molar-refractivity contribution in [3.8, 4) is 5.75 Å². The van der Waals surface area contributed by atoms with Gasteiger partial charge in [0.1, 0.15) is 5.75 Å². The molecule has 0 saturated heterocycles. The molecule has 0 unspecified atom stereocenters. The van der Waals surface area contributed by atoms with Crippen molar-refractivity contribution in [1.82, 2.24) is 4.98 Å². The molecule has 0 amide bonds. The van der Waals surface area contributed by atoms with E-state index in [0.717, 1.165) is 22.7 Å². The predicted octanol–water partition coefficient (Wildman–Crippen LogP) is 4.49. The minimum atomic E-state index is 0.151. The fraction of sp³-hybridized carbons (Fsp3) is 0.400. The zero-order valence-corrected chi connectivity index (χ0v) is 11.6. The third kappa shape index (κ3) is 4.43. The first-order chi connectivity index (χ1) is 8.08. The van der Waals surface area contributed by atoms with Gasteiger partial charge in [0, 0.05) is 5.56 Å². The summed E-state index contributed by atoms with van der Waals surface area (Å²) >= 11 is 0. The van der Waals surface area contributed by atoms with Gasteiger partial charge in [0.15, 0.2) is 0 Å². The third-order valence-corrected chi connectivity index (χ3v) is 2.00. The summed E-state index contributed by atoms with van der Waals surface area (Å²) < 4.78 is 5.64. The van der Waals surface area contributed by atoms with Crippen LogP contribution in [0.2, 0.25) is 0 Å². The van der Waals surface area contributed by atoms with Crippen molar-refractivity contribution in [3.63, 3.8) is 0 Å². The lowest BCUT2D eigenvalue weighted by molar-refractivity contribution is 0.239. The van der Waals surface area contributed by atoms with Gasteiger partial charge in [0.05, 0.1) is 17.5 Å². The van der Waals surface area contributed by atoms with Gasteiger partial charge in [0.25, 0.3) is 0 Å². The molecule has 17 heavy (non-hydrogen) atoms. The summed E-state index contributed by atoms with van der Waals surface area (Å²) in [6.07, 6.45) is 3.64. The maximum absolute atomic E-state index is 5.64. The zero-order valence-electron chi connectivity index (χ0n) is 11.6. The van der Waals surface area contributed by atoms with Gasteiger partial charge in [-0.25, -0.2) is 4.98 Å². The van der Waals surface area contributed by atoms with E-state index >= 15 is 0 Å². The fourth-order valence-electron chi connectivity index (χ4n) is 1.32. The summed E-state index contributed by atoms with van der Waals surface area (Å²) in [7, 11) is 0. The Morgan fingerprint density at radius 1 is 1.24 bits per heavy atom. The summed E-state index contributed by atoms with van der Waals surface area (Å²) in [6, 6.07) is 1.95. The Morgan fingerprint density at radius 2 is 1.82 bits per heavy atom. The second kappa shape index (κ2) is 7.66. The summed E-state index contributed by atoms with van der Waals surface area (Å²) in [5.41, 5.74) is 2.68. The number of nitrogens with zero attached hydrogens (tertiary/aromatic N) is 1. The highest BCUT2D eigenvalue weighted by Gasteiger charge is 2.07. The molecule has 0 aromatic carbocycles. The Balaban J connectivity index is 0.00000121. The average Bonchev–Trinajstić information content (AvgIpc) is 2.33. The second-order valence-electron chi connectivity index (χ2n) is 3.62. The van der Waals surface area contributed by atoms with Crippen LogP contribution in [0.15, 0.2) is 19.2 Å². The van der Waals surface area contributed by atoms with Crippen LogP contribution in [0.5, 0.6) is 5.75 Å². The minimum absolute atomic E-state index is 0.151. The van der Waals surface area contributed by atoms with Crippen LogP contribution in [0.25, 0.3) is 12.2 Å². The van der Waals surface area contributed by atoms with E-state index in [1.165, 1.54) is 0 Å². The van der Waals surface area contributed by atoms with Crippen molar-refractivity contribution in [3.05, 3.63) is 36.2 Å². The van der Waals surface area contributed by atoms with Gasteiger partial charge in [-0.05, 0) is 32.9 Å². The Hall–Kier alpha value is -1.57. The molecule has 0 aliphatic carbocycles. The SMILES string of the molecule is C=Cc1cc(OC(C)C)c(C)nc1C=C.CC. The van der Waals surface area contributed by atoms with E-state index in [9.17, 15) is 0 Å². The van der Waals surface area contributed by atoms with Gasteiger partial charge < -0.3 is 4.74 Å². The minimum Gasteiger partial charge on any atom is -0.489 e. The standard InChI is InChI=1S/C13H17NO.C2H6/c1-6-11-8-13(15-9(3)4)10(5)14-12(11)7-2;1-2/h6-9H,1-2H2,3-5H3;1-2H3. The van der Waals surface area contributed by atoms with E-state index in [1.807, 2.05) is 40.7 Å². The van der Waals surface area contributed by atoms with Crippen LogP contribution in [-0.2, 0) is 0 Å². The summed E-state index contributed by atoms with van der Waals surface area (Å²) in [5.74, 6) is 0.811. The molecule has 2 nitrogen and oxygen atoms in total. The zero-order chi connectivity index (χ0) is 13.4. The predicted molar refractivity (Wildman–Crippen MR) is 76.3 cm³/mol. The average molecular weight is 233 g/mol. The highest BCUT2D eigenvalue weighted by Crippen LogP contribution is 2.22. The number of hydrogen-bond donors (Lipinski definition) is 0. The molecule has 0 aliphatic rings. The van der Waals surface area contributed by atoms with Gasteiger partial charge in [0.2, 0.25) is 0 Å². The maximum Gasteiger partial charge on any atom is 0.141 e. The quantitative estimate of drug-likeness (QED) is 0.764. The van der Waals surface area contributed by atoms with Crippen molar-refractivity contribution in [1.29, 1.82) is 0 Å². The normalized spacial score (nSPS) is 9.29. The molecule has 2 heteroatoms. The van der Waals surface area contributed by atoms with E-state index in [-0.39, 0.29) is 6.10 Å². The van der Waals surface area contributed by atoms with Crippen molar-refractivity contribution in [2.45, 2.75) is 40.7 Å². The van der Waals surface area contributed by atoms with Gasteiger partial charge in [-0.3, -0.25) is 0 Å². The summed E-state index contributed by atoms with van der Waals surface area (Å²) in [5, 5.41) is 0. The number of aromatic nitrogens is 1. The highest BCUT2D eigenvalue weighted by molar-refractivity contribution is 5.62. The molecule has 94 valence electrons. The molecule has 0 saturated carbocycles. The molecule has 0 bridgehead atoms. The first kappa shape index (κ1) is 15.4. The molecule has 0 fully saturated rings. The van der Waals surface area contributed by atoms with Crippen molar-refractivity contribution in [2.24, 2.45) is 0 Å². The lowest BCUT2D eigenvalue weighted by Crippen LogP contribution is -2.08. The molecular formula is C15H23NO. The van der Waals surface area contributed by atoms with Crippen LogP contribution in [-0.4, -0.2) is 11.1 Å². The Labute approximate surface area is 105 Å². The molecular weight excluding hydrogens is 210 g/mol. The molecule has 1 heterocycles. The molecule has 0 N–H and O–H groups in total. The molecule has 1 rings (SSSR count). The van der Waals surface area contributed by atoms with Crippen molar-refractivity contribution < 1.29 is 4.74 Å². The highest BCUT2D eigenvalue weighted by atomic mass is 16.5. The largest absolute Gasteiger partial charge is 0.489 e. The Morgan fingerprint density at radius 3 is 2.24 bits per heavy atom. The lowest BCUT2D eigenvalue weighted by atomic mass is 10.1. The van der Waals surface area contributed by atoms with Crippen molar-refractivity contribution in [2.75, 3.05) is 0 Å². The Bertz CT molecular complexity index is 381. The van der Waals surface area contributed by atoms with Crippen LogP contribution < -0.4 is 4.74 Å². The van der Waals surface area contributed by atoms with E-state index in [0.29, 0.717) is 0 Å². The van der Waals surface area contributed by atoms with Gasteiger partial charge >= 0.3 is 0 Å². The van der Waals surface area contributed by atoms with Crippen molar-refractivity contribution >= 4 is 12.2 Å². The summed E-state index contributed by atoms with van der Waals surface area (Å²) in [4.78, 5) is 4.40. The second-order valence-corrected chi connectivity index (χ2v) is 3.62. The van der Waals surface area contributed by atoms with Gasteiger partial charge in [-0.1, -0.05) is 33.1 Å². The molecule has 0 atom stereocenters. The number of rotatable bonds is 4. The number of aryl methyl sites for hydroxylation is 1. The van der Waals surface area contributed by atoms with Crippen LogP contribution in [0, 0.1) is 6.92 Å². The van der Waals surface area contributed by atoms with E-state index in [4.69, 9.17) is 4.74 Å². The monoisotopic (exact) mass is 233 g/mol. The van der Waals surface area contributed by atoms with Crippen LogP contribution in [0.3, 0.4) is 0 Å². The maximum atomic E-state index is 5.64. The van der Waals surface area contributed by atoms with Gasteiger partial charge in [-0.2, -0.15) is 0 Å². The molecule has 0 aliphatic heterocycles. The molecule has 1 aromatic heterocycles. The molecule has 1 aromatic rings. The topological polar surface area (TPSA) is 22.1 Å². The van der Waals surface area contributed by atoms with Crippen LogP contribution >= 0.6 is 0 Å². The van der Waals surface area contributed by atoms with E-state index < -0.39 is 0 Å². The lowest BCUT2D eigenvalue weighted by Gasteiger charge is -2.13. The third-order valence-electron chi connectivity index (χ3n) is 2.00. The number of ether oxygens (including phenoxy) is 1. The molecule has 0 radical (unpaired) electrons. The first-order valence-electron chi connectivity index (χ1n) is 6.01. The summed E-state index contributed by atoms with van der Waals surface area (Å²) in [6.45, 7) is 17.4. The van der Waals surface area contributed by atoms with Crippen LogP contribution in [0.1, 0.15) is 44.6 Å². The van der Waals surface area contributed by atoms with Crippen LogP contribution in [0.4, 0.5) is 0 Å². The molecule has 0 spiro atoms. The number of pyridine rings is 1. The van der Waals surface area contributed by atoms with Gasteiger partial charge in [-0.15, -0.1) is 0 Å².